The summed E-state index contributed by atoms with van der Waals surface area (Å²) in [7, 11) is 0.994. The Morgan fingerprint density at radius 2 is 1.81 bits per heavy atom. The lowest BCUT2D eigenvalue weighted by Gasteiger charge is -2.34. The molecule has 2 N–H and O–H groups in total. The fourth-order valence-electron chi connectivity index (χ4n) is 4.86. The number of nitrogens with one attached hydrogen (secondary N) is 2. The van der Waals surface area contributed by atoms with E-state index in [1.54, 1.807) is 4.90 Å². The molecule has 4 rings (SSSR count). The third-order valence-corrected chi connectivity index (χ3v) is 7.24. The molecule has 2 aromatic heterocycles. The molecule has 1 fully saturated rings. The number of aromatic amines is 1. The molecule has 0 saturated carbocycles. The molecule has 14 heteroatoms. The van der Waals surface area contributed by atoms with Crippen molar-refractivity contribution in [1.82, 2.24) is 24.4 Å². The molecule has 0 amide bonds. The van der Waals surface area contributed by atoms with Crippen LogP contribution in [0.1, 0.15) is 46.9 Å². The predicted molar refractivity (Wildman–Crippen MR) is 151 cm³/mol. The second-order valence-electron chi connectivity index (χ2n) is 10.1. The standard InChI is InChI=1S/C28H34F3N7O4/c1-4-19-15-20(8-7-18(19)2)33-22-16-23(39)38(27(41)34-22)10-6-5-9-36-11-13-37(14-12-36)26-32-17-21(25(40)42-3)24(35-26)28(29,30)31/h7-8,15-17,33H,4-6,9-14H2,1-3H3,(H,34,41). The summed E-state index contributed by atoms with van der Waals surface area (Å²) in [5.41, 5.74) is 0.206. The van der Waals surface area contributed by atoms with Gasteiger partial charge in [-0.3, -0.25) is 19.2 Å². The zero-order valence-electron chi connectivity index (χ0n) is 23.8. The number of anilines is 3. The van der Waals surface area contributed by atoms with E-state index in [0.29, 0.717) is 45.0 Å². The number of unbranched alkanes of at least 4 members (excludes halogenated alkanes) is 1. The number of aryl methyl sites for hydroxylation is 2. The van der Waals surface area contributed by atoms with Gasteiger partial charge in [-0.05, 0) is 56.0 Å². The van der Waals surface area contributed by atoms with Gasteiger partial charge in [-0.2, -0.15) is 13.2 Å². The Labute approximate surface area is 240 Å². The van der Waals surface area contributed by atoms with Gasteiger partial charge in [-0.1, -0.05) is 13.0 Å². The van der Waals surface area contributed by atoms with Crippen LogP contribution in [0.25, 0.3) is 0 Å². The quantitative estimate of drug-likeness (QED) is 0.271. The molecule has 3 heterocycles. The molecule has 3 aromatic rings. The van der Waals surface area contributed by atoms with Crippen molar-refractivity contribution in [2.75, 3.05) is 50.1 Å². The van der Waals surface area contributed by atoms with Gasteiger partial charge >= 0.3 is 17.8 Å². The van der Waals surface area contributed by atoms with Crippen molar-refractivity contribution in [3.05, 3.63) is 73.7 Å². The van der Waals surface area contributed by atoms with E-state index in [9.17, 15) is 27.6 Å². The SMILES string of the molecule is CCc1cc(Nc2cc(=O)n(CCCCN3CCN(c4ncc(C(=O)OC)c(C(F)(F)F)n4)CC3)c(=O)[nH]2)ccc1C. The summed E-state index contributed by atoms with van der Waals surface area (Å²) >= 11 is 0. The normalized spacial score (nSPS) is 14.2. The number of benzene rings is 1. The minimum Gasteiger partial charge on any atom is -0.465 e. The average molecular weight is 590 g/mol. The highest BCUT2D eigenvalue weighted by molar-refractivity contribution is 5.90. The summed E-state index contributed by atoms with van der Waals surface area (Å²) in [6.45, 7) is 7.02. The molecule has 0 aliphatic carbocycles. The van der Waals surface area contributed by atoms with Crippen LogP contribution in [0.2, 0.25) is 0 Å². The van der Waals surface area contributed by atoms with Crippen LogP contribution in [0.15, 0.2) is 40.1 Å². The van der Waals surface area contributed by atoms with Crippen molar-refractivity contribution in [2.24, 2.45) is 0 Å². The van der Waals surface area contributed by atoms with Crippen LogP contribution in [0.4, 0.5) is 30.6 Å². The summed E-state index contributed by atoms with van der Waals surface area (Å²) in [5.74, 6) is -0.918. The molecule has 226 valence electrons. The number of aromatic nitrogens is 4. The van der Waals surface area contributed by atoms with Gasteiger partial charge in [-0.25, -0.2) is 19.6 Å². The van der Waals surface area contributed by atoms with E-state index in [-0.39, 0.29) is 12.5 Å². The summed E-state index contributed by atoms with van der Waals surface area (Å²) < 4.78 is 46.0. The molecule has 42 heavy (non-hydrogen) atoms. The number of piperazine rings is 1. The Morgan fingerprint density at radius 3 is 2.45 bits per heavy atom. The van der Waals surface area contributed by atoms with Crippen LogP contribution in [-0.2, 0) is 23.9 Å². The number of methoxy groups -OCH3 is 1. The van der Waals surface area contributed by atoms with Crippen LogP contribution in [-0.4, -0.2) is 70.2 Å². The fourth-order valence-corrected chi connectivity index (χ4v) is 4.86. The first-order chi connectivity index (χ1) is 20.0. The lowest BCUT2D eigenvalue weighted by molar-refractivity contribution is -0.141. The van der Waals surface area contributed by atoms with Gasteiger partial charge in [0.15, 0.2) is 5.69 Å². The molecule has 0 spiro atoms. The number of alkyl halides is 3. The highest BCUT2D eigenvalue weighted by atomic mass is 19.4. The minimum atomic E-state index is -4.83. The van der Waals surface area contributed by atoms with Gasteiger partial charge < -0.3 is 15.0 Å². The van der Waals surface area contributed by atoms with Gasteiger partial charge in [0, 0.05) is 50.7 Å². The topological polar surface area (TPSA) is 125 Å². The number of ether oxygens (including phenoxy) is 1. The van der Waals surface area contributed by atoms with Gasteiger partial charge in [-0.15, -0.1) is 0 Å². The van der Waals surface area contributed by atoms with Crippen molar-refractivity contribution in [3.63, 3.8) is 0 Å². The Balaban J connectivity index is 1.27. The lowest BCUT2D eigenvalue weighted by atomic mass is 10.1. The number of rotatable bonds is 10. The number of esters is 1. The zero-order valence-corrected chi connectivity index (χ0v) is 23.8. The molecule has 0 unspecified atom stereocenters. The van der Waals surface area contributed by atoms with Crippen molar-refractivity contribution >= 4 is 23.4 Å². The first-order valence-electron chi connectivity index (χ1n) is 13.7. The summed E-state index contributed by atoms with van der Waals surface area (Å²) in [4.78, 5) is 51.1. The third kappa shape index (κ3) is 7.35. The fraction of sp³-hybridized carbons (Fsp3) is 0.464. The average Bonchev–Trinajstić information content (AvgIpc) is 2.96. The van der Waals surface area contributed by atoms with Gasteiger partial charge in [0.25, 0.3) is 5.56 Å². The first-order valence-corrected chi connectivity index (χ1v) is 13.7. The molecule has 0 bridgehead atoms. The van der Waals surface area contributed by atoms with E-state index < -0.39 is 34.7 Å². The molecule has 1 aromatic carbocycles. The molecule has 0 radical (unpaired) electrons. The second kappa shape index (κ2) is 13.2. The number of carbonyl (C=O) groups excluding carboxylic acids is 1. The van der Waals surface area contributed by atoms with E-state index in [0.717, 1.165) is 31.8 Å². The maximum absolute atomic E-state index is 13.5. The van der Waals surface area contributed by atoms with Crippen LogP contribution >= 0.6 is 0 Å². The zero-order chi connectivity index (χ0) is 30.4. The van der Waals surface area contributed by atoms with Crippen molar-refractivity contribution in [1.29, 1.82) is 0 Å². The molecular formula is C28H34F3N7O4. The summed E-state index contributed by atoms with van der Waals surface area (Å²) in [6.07, 6.45) is -1.79. The summed E-state index contributed by atoms with van der Waals surface area (Å²) in [6, 6.07) is 7.25. The van der Waals surface area contributed by atoms with E-state index in [1.807, 2.05) is 25.1 Å². The van der Waals surface area contributed by atoms with Crippen LogP contribution in [0, 0.1) is 6.92 Å². The molecule has 1 saturated heterocycles. The monoisotopic (exact) mass is 589 g/mol. The maximum Gasteiger partial charge on any atom is 0.434 e. The highest BCUT2D eigenvalue weighted by Gasteiger charge is 2.39. The van der Waals surface area contributed by atoms with Crippen molar-refractivity contribution < 1.29 is 22.7 Å². The van der Waals surface area contributed by atoms with E-state index in [2.05, 4.69) is 36.8 Å². The number of halogens is 3. The van der Waals surface area contributed by atoms with Crippen molar-refractivity contribution in [2.45, 2.75) is 45.8 Å². The van der Waals surface area contributed by atoms with E-state index in [1.165, 1.54) is 21.8 Å². The molecule has 0 atom stereocenters. The van der Waals surface area contributed by atoms with Crippen LogP contribution in [0.3, 0.4) is 0 Å². The Hall–Kier alpha value is -4.20. The van der Waals surface area contributed by atoms with Crippen LogP contribution in [0.5, 0.6) is 0 Å². The molecule has 1 aliphatic rings. The second-order valence-corrected chi connectivity index (χ2v) is 10.1. The van der Waals surface area contributed by atoms with Gasteiger partial charge in [0.05, 0.1) is 7.11 Å². The molecular weight excluding hydrogens is 555 g/mol. The van der Waals surface area contributed by atoms with Gasteiger partial charge in [0.1, 0.15) is 11.4 Å². The minimum absolute atomic E-state index is 0.0978. The third-order valence-electron chi connectivity index (χ3n) is 7.24. The summed E-state index contributed by atoms with van der Waals surface area (Å²) in [5, 5.41) is 3.10. The molecule has 1 aliphatic heterocycles. The number of nitrogens with zero attached hydrogens (tertiary/aromatic N) is 5. The number of hydrogen-bond acceptors (Lipinski definition) is 9. The highest BCUT2D eigenvalue weighted by Crippen LogP contribution is 2.31. The van der Waals surface area contributed by atoms with Crippen LogP contribution < -0.4 is 21.5 Å². The Morgan fingerprint density at radius 1 is 1.10 bits per heavy atom. The smallest absolute Gasteiger partial charge is 0.434 e. The molecule has 11 nitrogen and oxygen atoms in total. The Kier molecular flexibility index (Phi) is 9.66. The van der Waals surface area contributed by atoms with Gasteiger partial charge in [0.2, 0.25) is 5.95 Å². The number of hydrogen-bond donors (Lipinski definition) is 2. The number of carbonyl (C=O) groups is 1. The lowest BCUT2D eigenvalue weighted by Crippen LogP contribution is -2.47. The largest absolute Gasteiger partial charge is 0.465 e. The Bertz CT molecular complexity index is 1500. The maximum atomic E-state index is 13.5. The first kappa shape index (κ1) is 30.8. The number of H-pyrrole nitrogens is 1. The van der Waals surface area contributed by atoms with E-state index in [4.69, 9.17) is 0 Å². The van der Waals surface area contributed by atoms with Crippen molar-refractivity contribution in [3.8, 4) is 0 Å². The predicted octanol–water partition coefficient (Wildman–Crippen LogP) is 3.35. The van der Waals surface area contributed by atoms with E-state index >= 15 is 0 Å².